The zero-order chi connectivity index (χ0) is 11.5. The van der Waals surface area contributed by atoms with Crippen LogP contribution in [0.25, 0.3) is 0 Å². The maximum Gasteiger partial charge on any atom is 0.231 e. The second-order valence-electron chi connectivity index (χ2n) is 5.45. The first-order valence-corrected chi connectivity index (χ1v) is 5.72. The molecule has 3 heteroatoms. The molecule has 0 aromatic carbocycles. The van der Waals surface area contributed by atoms with Gasteiger partial charge in [0, 0.05) is 5.41 Å². The minimum absolute atomic E-state index is 0.0760. The van der Waals surface area contributed by atoms with Crippen molar-refractivity contribution in [1.82, 2.24) is 5.32 Å². The molecule has 3 rings (SSSR count). The summed E-state index contributed by atoms with van der Waals surface area (Å²) < 4.78 is 0. The molecule has 1 N–H and O–H groups in total. The van der Waals surface area contributed by atoms with Gasteiger partial charge in [0.05, 0.1) is 11.8 Å². The SMILES string of the molecule is C=C(C)CC12C=CC(C1)C1C(=O)NC(=O)C12. The predicted octanol–water partition coefficient (Wildman–Crippen LogP) is 1.42. The molecular weight excluding hydrogens is 202 g/mol. The van der Waals surface area contributed by atoms with Crippen LogP contribution in [0.15, 0.2) is 24.3 Å². The number of fused-ring (bicyclic) bond motifs is 5. The lowest BCUT2D eigenvalue weighted by Crippen LogP contribution is -2.32. The van der Waals surface area contributed by atoms with Crippen LogP contribution in [0.4, 0.5) is 0 Å². The molecule has 0 aromatic heterocycles. The summed E-state index contributed by atoms with van der Waals surface area (Å²) in [6.07, 6.45) is 6.02. The Hall–Kier alpha value is -1.38. The van der Waals surface area contributed by atoms with Gasteiger partial charge >= 0.3 is 0 Å². The Morgan fingerprint density at radius 2 is 2.31 bits per heavy atom. The molecule has 1 heterocycles. The Morgan fingerprint density at radius 3 is 3.00 bits per heavy atom. The molecule has 4 unspecified atom stereocenters. The highest BCUT2D eigenvalue weighted by atomic mass is 16.2. The van der Waals surface area contributed by atoms with Crippen molar-refractivity contribution in [3.8, 4) is 0 Å². The molecule has 1 saturated carbocycles. The van der Waals surface area contributed by atoms with Gasteiger partial charge < -0.3 is 0 Å². The van der Waals surface area contributed by atoms with E-state index in [9.17, 15) is 9.59 Å². The summed E-state index contributed by atoms with van der Waals surface area (Å²) in [6.45, 7) is 5.92. The first kappa shape index (κ1) is 9.82. The summed E-state index contributed by atoms with van der Waals surface area (Å²) in [6, 6.07) is 0. The molecule has 2 aliphatic carbocycles. The van der Waals surface area contributed by atoms with Gasteiger partial charge in [0.1, 0.15) is 0 Å². The van der Waals surface area contributed by atoms with Gasteiger partial charge in [0.2, 0.25) is 11.8 Å². The summed E-state index contributed by atoms with van der Waals surface area (Å²) in [5, 5.41) is 2.47. The molecule has 0 spiro atoms. The number of amides is 2. The van der Waals surface area contributed by atoms with Crippen LogP contribution >= 0.6 is 0 Å². The van der Waals surface area contributed by atoms with Crippen LogP contribution in [0, 0.1) is 23.2 Å². The number of carbonyl (C=O) groups excluding carboxylic acids is 2. The van der Waals surface area contributed by atoms with E-state index in [2.05, 4.69) is 24.0 Å². The Labute approximate surface area is 94.6 Å². The third-order valence-corrected chi connectivity index (χ3v) is 4.19. The van der Waals surface area contributed by atoms with E-state index >= 15 is 0 Å². The molecule has 1 aliphatic heterocycles. The minimum atomic E-state index is -0.147. The van der Waals surface area contributed by atoms with Crippen LogP contribution in [-0.4, -0.2) is 11.8 Å². The monoisotopic (exact) mass is 217 g/mol. The normalized spacial score (nSPS) is 43.7. The van der Waals surface area contributed by atoms with Gasteiger partial charge in [0.25, 0.3) is 0 Å². The fraction of sp³-hybridized carbons (Fsp3) is 0.538. The Morgan fingerprint density at radius 1 is 1.56 bits per heavy atom. The lowest BCUT2D eigenvalue weighted by atomic mass is 9.71. The Bertz CT molecular complexity index is 437. The lowest BCUT2D eigenvalue weighted by Gasteiger charge is -2.30. The molecule has 84 valence electrons. The van der Waals surface area contributed by atoms with E-state index in [4.69, 9.17) is 0 Å². The zero-order valence-corrected chi connectivity index (χ0v) is 9.32. The van der Waals surface area contributed by atoms with E-state index in [1.165, 1.54) is 0 Å². The topological polar surface area (TPSA) is 46.2 Å². The van der Waals surface area contributed by atoms with Crippen molar-refractivity contribution >= 4 is 11.8 Å². The molecule has 2 amide bonds. The fourth-order valence-electron chi connectivity index (χ4n) is 3.83. The van der Waals surface area contributed by atoms with E-state index in [0.717, 1.165) is 18.4 Å². The smallest absolute Gasteiger partial charge is 0.231 e. The van der Waals surface area contributed by atoms with E-state index in [0.29, 0.717) is 0 Å². The second-order valence-corrected chi connectivity index (χ2v) is 5.45. The Balaban J connectivity index is 2.03. The van der Waals surface area contributed by atoms with Gasteiger partial charge in [-0.05, 0) is 25.7 Å². The highest BCUT2D eigenvalue weighted by molar-refractivity contribution is 6.06. The van der Waals surface area contributed by atoms with Crippen molar-refractivity contribution in [2.24, 2.45) is 23.2 Å². The number of carbonyl (C=O) groups is 2. The van der Waals surface area contributed by atoms with Crippen LogP contribution in [0.5, 0.6) is 0 Å². The maximum absolute atomic E-state index is 11.8. The van der Waals surface area contributed by atoms with E-state index < -0.39 is 0 Å². The van der Waals surface area contributed by atoms with Crippen molar-refractivity contribution in [3.05, 3.63) is 24.3 Å². The van der Waals surface area contributed by atoms with Crippen LogP contribution in [0.1, 0.15) is 19.8 Å². The van der Waals surface area contributed by atoms with Gasteiger partial charge in [-0.15, -0.1) is 6.58 Å². The minimum Gasteiger partial charge on any atom is -0.296 e. The first-order valence-electron chi connectivity index (χ1n) is 5.72. The van der Waals surface area contributed by atoms with E-state index in [1.54, 1.807) is 0 Å². The average Bonchev–Trinajstić information content (AvgIpc) is 2.77. The largest absolute Gasteiger partial charge is 0.296 e. The van der Waals surface area contributed by atoms with E-state index in [-0.39, 0.29) is 35.0 Å². The number of hydrogen-bond acceptors (Lipinski definition) is 2. The lowest BCUT2D eigenvalue weighted by molar-refractivity contribution is -0.127. The molecule has 3 aliphatic rings. The summed E-state index contributed by atoms with van der Waals surface area (Å²) in [7, 11) is 0. The highest BCUT2D eigenvalue weighted by Crippen LogP contribution is 2.60. The van der Waals surface area contributed by atoms with Crippen LogP contribution < -0.4 is 5.32 Å². The van der Waals surface area contributed by atoms with Gasteiger partial charge in [-0.3, -0.25) is 14.9 Å². The standard InChI is InChI=1S/C13H15NO2/c1-7(2)5-13-4-3-8(6-13)9-10(13)12(16)14-11(9)15/h3-4,8-10H,1,5-6H2,2H3,(H,14,15,16). The molecule has 0 aromatic rings. The number of allylic oxidation sites excluding steroid dienone is 3. The quantitative estimate of drug-likeness (QED) is 0.561. The Kier molecular flexibility index (Phi) is 1.74. The van der Waals surface area contributed by atoms with Gasteiger partial charge in [-0.25, -0.2) is 0 Å². The summed E-state index contributed by atoms with van der Waals surface area (Å²) in [5.41, 5.74) is 0.954. The summed E-state index contributed by atoms with van der Waals surface area (Å²) in [5.74, 6) is -0.157. The van der Waals surface area contributed by atoms with Gasteiger partial charge in [-0.1, -0.05) is 17.7 Å². The van der Waals surface area contributed by atoms with Crippen molar-refractivity contribution in [1.29, 1.82) is 0 Å². The summed E-state index contributed by atoms with van der Waals surface area (Å²) >= 11 is 0. The number of imide groups is 1. The maximum atomic E-state index is 11.8. The van der Waals surface area contributed by atoms with E-state index in [1.807, 2.05) is 6.92 Å². The van der Waals surface area contributed by atoms with Gasteiger partial charge in [-0.2, -0.15) is 0 Å². The number of rotatable bonds is 2. The summed E-state index contributed by atoms with van der Waals surface area (Å²) in [4.78, 5) is 23.5. The highest BCUT2D eigenvalue weighted by Gasteiger charge is 2.63. The third-order valence-electron chi connectivity index (χ3n) is 4.19. The third kappa shape index (κ3) is 1.03. The average molecular weight is 217 g/mol. The van der Waals surface area contributed by atoms with Crippen molar-refractivity contribution in [2.45, 2.75) is 19.8 Å². The van der Waals surface area contributed by atoms with Crippen LogP contribution in [-0.2, 0) is 9.59 Å². The van der Waals surface area contributed by atoms with Gasteiger partial charge in [0.15, 0.2) is 0 Å². The van der Waals surface area contributed by atoms with Crippen LogP contribution in [0.2, 0.25) is 0 Å². The van der Waals surface area contributed by atoms with Crippen LogP contribution in [0.3, 0.4) is 0 Å². The second kappa shape index (κ2) is 2.84. The van der Waals surface area contributed by atoms with Crippen molar-refractivity contribution in [3.63, 3.8) is 0 Å². The molecule has 16 heavy (non-hydrogen) atoms. The van der Waals surface area contributed by atoms with Crippen molar-refractivity contribution < 1.29 is 9.59 Å². The molecule has 1 saturated heterocycles. The zero-order valence-electron chi connectivity index (χ0n) is 9.32. The number of nitrogens with one attached hydrogen (secondary N) is 1. The van der Waals surface area contributed by atoms with Crippen molar-refractivity contribution in [2.75, 3.05) is 0 Å². The molecule has 2 fully saturated rings. The first-order chi connectivity index (χ1) is 7.53. The predicted molar refractivity (Wildman–Crippen MR) is 59.2 cm³/mol. The molecular formula is C13H15NO2. The molecule has 3 nitrogen and oxygen atoms in total. The molecule has 0 radical (unpaired) electrons. The molecule has 2 bridgehead atoms. The number of hydrogen-bond donors (Lipinski definition) is 1. The molecule has 4 atom stereocenters. The fourth-order valence-corrected chi connectivity index (χ4v) is 3.83.